The second kappa shape index (κ2) is 6.46. The number of hydrogen-bond donors (Lipinski definition) is 3. The van der Waals surface area contributed by atoms with Crippen molar-refractivity contribution in [3.63, 3.8) is 0 Å². The molecule has 5 N–H and O–H groups in total. The van der Waals surface area contributed by atoms with Crippen molar-refractivity contribution in [2.45, 2.75) is 57.7 Å². The first kappa shape index (κ1) is 14.4. The van der Waals surface area contributed by atoms with Crippen LogP contribution in [0.1, 0.15) is 39.5 Å². The molecule has 4 heteroatoms. The van der Waals surface area contributed by atoms with E-state index in [1.54, 1.807) is 0 Å². The lowest BCUT2D eigenvalue weighted by Crippen LogP contribution is -2.48. The van der Waals surface area contributed by atoms with Crippen molar-refractivity contribution in [3.8, 4) is 0 Å². The molecule has 3 atom stereocenters. The van der Waals surface area contributed by atoms with Gasteiger partial charge in [0, 0.05) is 23.9 Å². The van der Waals surface area contributed by atoms with Crippen LogP contribution in [0.15, 0.2) is 28.4 Å². The molecule has 0 radical (unpaired) electrons. The summed E-state index contributed by atoms with van der Waals surface area (Å²) < 4.78 is 0. The molecule has 1 aliphatic heterocycles. The van der Waals surface area contributed by atoms with Gasteiger partial charge in [0.25, 0.3) is 0 Å². The number of hydrogen-bond acceptors (Lipinski definition) is 4. The molecule has 0 spiro atoms. The smallest absolute Gasteiger partial charge is 0.0664 e. The van der Waals surface area contributed by atoms with Crippen molar-refractivity contribution < 1.29 is 0 Å². The molecule has 0 saturated heterocycles. The first-order valence-electron chi connectivity index (χ1n) is 7.39. The molecule has 2 aliphatic rings. The Morgan fingerprint density at radius 2 is 2.21 bits per heavy atom. The van der Waals surface area contributed by atoms with Gasteiger partial charge in [-0.05, 0) is 32.2 Å². The predicted octanol–water partition coefficient (Wildman–Crippen LogP) is 1.48. The predicted molar refractivity (Wildman–Crippen MR) is 81.2 cm³/mol. The minimum atomic E-state index is 0.168. The van der Waals surface area contributed by atoms with Crippen LogP contribution in [0.2, 0.25) is 0 Å². The maximum atomic E-state index is 6.18. The Morgan fingerprint density at radius 1 is 1.42 bits per heavy atom. The Hall–Kier alpha value is -0.970. The van der Waals surface area contributed by atoms with Gasteiger partial charge in [-0.2, -0.15) is 0 Å². The summed E-state index contributed by atoms with van der Waals surface area (Å²) >= 11 is 0. The lowest BCUT2D eigenvalue weighted by molar-refractivity contribution is 0.439. The standard InChI is InChI=1S/C15H26N4/c1-3-12(5-6-16)19-14-8-10(13(17)4-2)7-11-9-18-15(11)14/h7,9,12-14,19H,3-6,8,16-17H2,1-2H3. The third-order valence-electron chi connectivity index (χ3n) is 4.11. The largest absolute Gasteiger partial charge is 0.330 e. The van der Waals surface area contributed by atoms with Crippen LogP contribution in [0.4, 0.5) is 0 Å². The van der Waals surface area contributed by atoms with Crippen LogP contribution in [-0.2, 0) is 0 Å². The maximum absolute atomic E-state index is 6.18. The molecule has 106 valence electrons. The average Bonchev–Trinajstić information content (AvgIpc) is 2.39. The van der Waals surface area contributed by atoms with E-state index in [9.17, 15) is 0 Å². The first-order chi connectivity index (χ1) is 9.19. The van der Waals surface area contributed by atoms with Gasteiger partial charge in [-0.25, -0.2) is 0 Å². The molecule has 0 fully saturated rings. The fraction of sp³-hybridized carbons (Fsp3) is 0.667. The molecule has 0 saturated carbocycles. The second-order valence-corrected chi connectivity index (χ2v) is 5.44. The molecule has 1 heterocycles. The molecular weight excluding hydrogens is 236 g/mol. The van der Waals surface area contributed by atoms with E-state index in [4.69, 9.17) is 11.5 Å². The SMILES string of the molecule is CCC(CCN)NC1CC(C(N)CC)=CC2=CN=C21. The summed E-state index contributed by atoms with van der Waals surface area (Å²) in [6.07, 6.45) is 8.23. The summed E-state index contributed by atoms with van der Waals surface area (Å²) in [5, 5.41) is 3.70. The zero-order valence-corrected chi connectivity index (χ0v) is 12.0. The molecule has 2 rings (SSSR count). The Labute approximate surface area is 116 Å². The first-order valence-corrected chi connectivity index (χ1v) is 7.39. The molecular formula is C15H26N4. The number of fused-ring (bicyclic) bond motifs is 1. The van der Waals surface area contributed by atoms with Crippen molar-refractivity contribution in [2.75, 3.05) is 6.54 Å². The molecule has 0 aromatic heterocycles. The van der Waals surface area contributed by atoms with E-state index >= 15 is 0 Å². The van der Waals surface area contributed by atoms with Gasteiger partial charge < -0.3 is 16.8 Å². The number of allylic oxidation sites excluding steroid dienone is 1. The summed E-state index contributed by atoms with van der Waals surface area (Å²) in [6, 6.07) is 0.952. The Balaban J connectivity index is 2.04. The van der Waals surface area contributed by atoms with Crippen molar-refractivity contribution >= 4 is 5.71 Å². The van der Waals surface area contributed by atoms with E-state index in [1.807, 2.05) is 6.20 Å². The second-order valence-electron chi connectivity index (χ2n) is 5.44. The number of nitrogens with zero attached hydrogens (tertiary/aromatic N) is 1. The van der Waals surface area contributed by atoms with Gasteiger partial charge in [0.1, 0.15) is 0 Å². The molecule has 4 nitrogen and oxygen atoms in total. The van der Waals surface area contributed by atoms with Crippen LogP contribution in [0.3, 0.4) is 0 Å². The lowest BCUT2D eigenvalue weighted by Gasteiger charge is -2.34. The molecule has 0 aromatic rings. The Kier molecular flexibility index (Phi) is 4.91. The molecule has 0 amide bonds. The highest BCUT2D eigenvalue weighted by atomic mass is 15.0. The van der Waals surface area contributed by atoms with Crippen molar-refractivity contribution in [1.82, 2.24) is 5.32 Å². The fourth-order valence-corrected chi connectivity index (χ4v) is 2.76. The number of nitrogens with two attached hydrogens (primary N) is 2. The number of nitrogens with one attached hydrogen (secondary N) is 1. The topological polar surface area (TPSA) is 76.4 Å². The monoisotopic (exact) mass is 262 g/mol. The molecule has 3 unspecified atom stereocenters. The normalized spacial score (nSPS) is 24.6. The van der Waals surface area contributed by atoms with E-state index < -0.39 is 0 Å². The fourth-order valence-electron chi connectivity index (χ4n) is 2.76. The van der Waals surface area contributed by atoms with E-state index in [2.05, 4.69) is 30.2 Å². The average molecular weight is 262 g/mol. The summed E-state index contributed by atoms with van der Waals surface area (Å²) in [5.41, 5.74) is 15.6. The van der Waals surface area contributed by atoms with Crippen LogP contribution in [0, 0.1) is 0 Å². The van der Waals surface area contributed by atoms with Gasteiger partial charge >= 0.3 is 0 Å². The van der Waals surface area contributed by atoms with Crippen LogP contribution in [-0.4, -0.2) is 30.4 Å². The number of aliphatic imine (C=N–C) groups is 1. The third-order valence-corrected chi connectivity index (χ3v) is 4.11. The van der Waals surface area contributed by atoms with Gasteiger partial charge in [-0.15, -0.1) is 0 Å². The summed E-state index contributed by atoms with van der Waals surface area (Å²) in [7, 11) is 0. The van der Waals surface area contributed by atoms with Crippen molar-refractivity contribution in [3.05, 3.63) is 23.4 Å². The van der Waals surface area contributed by atoms with E-state index in [0.717, 1.165) is 32.2 Å². The van der Waals surface area contributed by atoms with Gasteiger partial charge in [0.05, 0.1) is 11.8 Å². The minimum absolute atomic E-state index is 0.168. The van der Waals surface area contributed by atoms with E-state index in [1.165, 1.54) is 16.9 Å². The molecule has 19 heavy (non-hydrogen) atoms. The Morgan fingerprint density at radius 3 is 2.74 bits per heavy atom. The van der Waals surface area contributed by atoms with Gasteiger partial charge in [0.2, 0.25) is 0 Å². The van der Waals surface area contributed by atoms with Gasteiger partial charge in [0.15, 0.2) is 0 Å². The Bertz CT molecular complexity index is 408. The van der Waals surface area contributed by atoms with Crippen LogP contribution < -0.4 is 16.8 Å². The number of rotatable bonds is 7. The summed E-state index contributed by atoms with van der Waals surface area (Å²) in [6.45, 7) is 5.06. The van der Waals surface area contributed by atoms with Gasteiger partial charge in [-0.3, -0.25) is 4.99 Å². The van der Waals surface area contributed by atoms with E-state index in [0.29, 0.717) is 12.1 Å². The van der Waals surface area contributed by atoms with Crippen LogP contribution in [0.25, 0.3) is 0 Å². The summed E-state index contributed by atoms with van der Waals surface area (Å²) in [4.78, 5) is 4.42. The van der Waals surface area contributed by atoms with Crippen molar-refractivity contribution in [1.29, 1.82) is 0 Å². The maximum Gasteiger partial charge on any atom is 0.0664 e. The quantitative estimate of drug-likeness (QED) is 0.650. The molecule has 0 bridgehead atoms. The van der Waals surface area contributed by atoms with Gasteiger partial charge in [-0.1, -0.05) is 25.5 Å². The lowest BCUT2D eigenvalue weighted by atomic mass is 9.83. The van der Waals surface area contributed by atoms with E-state index in [-0.39, 0.29) is 6.04 Å². The third kappa shape index (κ3) is 3.14. The highest BCUT2D eigenvalue weighted by Gasteiger charge is 2.30. The highest BCUT2D eigenvalue weighted by molar-refractivity contribution is 6.11. The minimum Gasteiger partial charge on any atom is -0.330 e. The zero-order chi connectivity index (χ0) is 13.8. The van der Waals surface area contributed by atoms with Crippen LogP contribution in [0.5, 0.6) is 0 Å². The molecule has 0 aromatic carbocycles. The van der Waals surface area contributed by atoms with Crippen molar-refractivity contribution in [2.24, 2.45) is 16.5 Å². The van der Waals surface area contributed by atoms with Crippen LogP contribution >= 0.6 is 0 Å². The molecule has 1 aliphatic carbocycles. The highest BCUT2D eigenvalue weighted by Crippen LogP contribution is 2.28. The zero-order valence-electron chi connectivity index (χ0n) is 12.0. The summed E-state index contributed by atoms with van der Waals surface area (Å²) in [5.74, 6) is 0.